The van der Waals surface area contributed by atoms with Crippen LogP contribution >= 0.6 is 0 Å². The number of aromatic nitrogens is 1. The molecule has 0 spiro atoms. The highest BCUT2D eigenvalue weighted by Gasteiger charge is 2.38. The molecule has 3 N–H and O–H groups in total. The van der Waals surface area contributed by atoms with Gasteiger partial charge in [0.15, 0.2) is 0 Å². The first kappa shape index (κ1) is 11.5. The van der Waals surface area contributed by atoms with Gasteiger partial charge in [-0.2, -0.15) is 13.2 Å². The van der Waals surface area contributed by atoms with E-state index < -0.39 is 24.0 Å². The number of oxazole rings is 1. The maximum absolute atomic E-state index is 12.0. The smallest absolute Gasteiger partial charge is 0.468 e. The van der Waals surface area contributed by atoms with Gasteiger partial charge in [-0.05, 0) is 0 Å². The zero-order valence-corrected chi connectivity index (χ0v) is 7.28. The Kier molecular flexibility index (Phi) is 2.98. The summed E-state index contributed by atoms with van der Waals surface area (Å²) < 4.78 is 40.2. The van der Waals surface area contributed by atoms with Gasteiger partial charge in [0.2, 0.25) is 0 Å². The molecule has 0 fully saturated rings. The molecule has 1 unspecified atom stereocenters. The molecule has 1 aromatic rings. The van der Waals surface area contributed by atoms with Crippen molar-refractivity contribution < 1.29 is 27.5 Å². The molecule has 0 saturated heterocycles. The summed E-state index contributed by atoms with van der Waals surface area (Å²) in [6.07, 6.45) is -4.08. The summed E-state index contributed by atoms with van der Waals surface area (Å²) in [6, 6.07) is 0. The van der Waals surface area contributed by atoms with E-state index in [1.807, 2.05) is 0 Å². The van der Waals surface area contributed by atoms with Gasteiger partial charge in [-0.1, -0.05) is 0 Å². The molecule has 15 heavy (non-hydrogen) atoms. The van der Waals surface area contributed by atoms with Gasteiger partial charge in [-0.3, -0.25) is 4.79 Å². The Hall–Kier alpha value is -1.57. The molecule has 0 aliphatic carbocycles. The van der Waals surface area contributed by atoms with Crippen molar-refractivity contribution in [3.8, 4) is 0 Å². The van der Waals surface area contributed by atoms with E-state index in [1.165, 1.54) is 0 Å². The first-order valence-corrected chi connectivity index (χ1v) is 3.81. The van der Waals surface area contributed by atoms with E-state index in [0.717, 1.165) is 0 Å². The molecule has 0 bridgehead atoms. The average Bonchev–Trinajstić information content (AvgIpc) is 2.52. The Balaban J connectivity index is 2.97. The van der Waals surface area contributed by atoms with Crippen LogP contribution in [0.25, 0.3) is 0 Å². The quantitative estimate of drug-likeness (QED) is 0.793. The molecule has 1 rings (SSSR count). The predicted octanol–water partition coefficient (Wildman–Crippen LogP) is 0.820. The highest BCUT2D eigenvalue weighted by Crippen LogP contribution is 2.29. The Morgan fingerprint density at radius 3 is 2.60 bits per heavy atom. The van der Waals surface area contributed by atoms with Crippen molar-refractivity contribution in [1.82, 2.24) is 4.98 Å². The number of hydrogen-bond acceptors (Lipinski definition) is 4. The van der Waals surface area contributed by atoms with Crippen molar-refractivity contribution >= 4 is 5.97 Å². The summed E-state index contributed by atoms with van der Waals surface area (Å²) in [5.74, 6) is -4.11. The van der Waals surface area contributed by atoms with Gasteiger partial charge in [0.25, 0.3) is 0 Å². The normalized spacial score (nSPS) is 13.9. The number of carbonyl (C=O) groups is 1. The van der Waals surface area contributed by atoms with Crippen LogP contribution in [0.1, 0.15) is 17.5 Å². The molecule has 5 nitrogen and oxygen atoms in total. The molecule has 8 heteroatoms. The molecule has 0 saturated carbocycles. The minimum atomic E-state index is -4.73. The molecule has 1 heterocycles. The molecule has 1 atom stereocenters. The molecule has 1 aromatic heterocycles. The summed E-state index contributed by atoms with van der Waals surface area (Å²) in [5, 5.41) is 8.60. The van der Waals surface area contributed by atoms with Crippen molar-refractivity contribution in [2.24, 2.45) is 5.73 Å². The second-order valence-corrected chi connectivity index (χ2v) is 2.70. The van der Waals surface area contributed by atoms with Crippen molar-refractivity contribution in [3.05, 3.63) is 17.8 Å². The van der Waals surface area contributed by atoms with E-state index in [2.05, 4.69) is 9.40 Å². The van der Waals surface area contributed by atoms with E-state index in [-0.39, 0.29) is 12.2 Å². The highest BCUT2D eigenvalue weighted by molar-refractivity contribution is 5.75. The lowest BCUT2D eigenvalue weighted by Crippen LogP contribution is -2.21. The third-order valence-electron chi connectivity index (χ3n) is 1.66. The number of carboxylic acid groups (broad SMARTS) is 1. The van der Waals surface area contributed by atoms with Crippen LogP contribution in [0.4, 0.5) is 13.2 Å². The second kappa shape index (κ2) is 3.89. The first-order valence-electron chi connectivity index (χ1n) is 3.81. The lowest BCUT2D eigenvalue weighted by Gasteiger charge is -2.04. The van der Waals surface area contributed by atoms with Crippen LogP contribution in [-0.4, -0.2) is 22.6 Å². The molecule has 0 aliphatic heterocycles. The van der Waals surface area contributed by atoms with E-state index >= 15 is 0 Å². The molecule has 0 aliphatic rings. The zero-order valence-electron chi connectivity index (χ0n) is 7.28. The summed E-state index contributed by atoms with van der Waals surface area (Å²) >= 11 is 0. The van der Waals surface area contributed by atoms with Crippen LogP contribution in [0.15, 0.2) is 10.7 Å². The van der Waals surface area contributed by atoms with Gasteiger partial charge < -0.3 is 15.3 Å². The standard InChI is InChI=1S/C7H7F3N2O3/c8-7(9,10)6-12-4(2-15-6)3(1-11)5(13)14/h2-3H,1,11H2,(H,13,14). The second-order valence-electron chi connectivity index (χ2n) is 2.70. The highest BCUT2D eigenvalue weighted by atomic mass is 19.4. The van der Waals surface area contributed by atoms with E-state index in [9.17, 15) is 18.0 Å². The number of rotatable bonds is 3. The number of carboxylic acids is 1. The van der Waals surface area contributed by atoms with Crippen LogP contribution < -0.4 is 5.73 Å². The monoisotopic (exact) mass is 224 g/mol. The van der Waals surface area contributed by atoms with Gasteiger partial charge in [-0.15, -0.1) is 0 Å². The van der Waals surface area contributed by atoms with Crippen LogP contribution in [-0.2, 0) is 11.0 Å². The molecule has 0 radical (unpaired) electrons. The minimum absolute atomic E-state index is 0.336. The fourth-order valence-electron chi connectivity index (χ4n) is 0.924. The predicted molar refractivity (Wildman–Crippen MR) is 40.9 cm³/mol. The topological polar surface area (TPSA) is 89.4 Å². The Labute approximate surface area is 81.7 Å². The third-order valence-corrected chi connectivity index (χ3v) is 1.66. The molecule has 0 amide bonds. The number of alkyl halides is 3. The van der Waals surface area contributed by atoms with E-state index in [4.69, 9.17) is 10.8 Å². The van der Waals surface area contributed by atoms with Crippen molar-refractivity contribution in [2.75, 3.05) is 6.54 Å². The lowest BCUT2D eigenvalue weighted by molar-refractivity contribution is -0.157. The van der Waals surface area contributed by atoms with Gasteiger partial charge in [0, 0.05) is 6.54 Å². The third kappa shape index (κ3) is 2.46. The Morgan fingerprint density at radius 1 is 1.67 bits per heavy atom. The van der Waals surface area contributed by atoms with Crippen molar-refractivity contribution in [2.45, 2.75) is 12.1 Å². The molecule has 84 valence electrons. The van der Waals surface area contributed by atoms with Gasteiger partial charge >= 0.3 is 18.0 Å². The number of nitrogens with zero attached hydrogens (tertiary/aromatic N) is 1. The summed E-state index contributed by atoms with van der Waals surface area (Å²) in [4.78, 5) is 13.6. The van der Waals surface area contributed by atoms with Crippen LogP contribution in [0.2, 0.25) is 0 Å². The van der Waals surface area contributed by atoms with Crippen LogP contribution in [0.5, 0.6) is 0 Å². The van der Waals surface area contributed by atoms with Gasteiger partial charge in [0.05, 0.1) is 5.69 Å². The van der Waals surface area contributed by atoms with E-state index in [0.29, 0.717) is 6.26 Å². The Bertz CT molecular complexity index is 361. The number of halogens is 3. The summed E-state index contributed by atoms with van der Waals surface area (Å²) in [5.41, 5.74) is 4.74. The maximum atomic E-state index is 12.0. The van der Waals surface area contributed by atoms with Gasteiger partial charge in [-0.25, -0.2) is 4.98 Å². The molecular weight excluding hydrogens is 217 g/mol. The number of aliphatic carboxylic acids is 1. The molecule has 0 aromatic carbocycles. The summed E-state index contributed by atoms with van der Waals surface area (Å²) in [6.45, 7) is -0.348. The fraction of sp³-hybridized carbons (Fsp3) is 0.429. The first-order chi connectivity index (χ1) is 6.86. The van der Waals surface area contributed by atoms with Crippen LogP contribution in [0.3, 0.4) is 0 Å². The fourth-order valence-corrected chi connectivity index (χ4v) is 0.924. The maximum Gasteiger partial charge on any atom is 0.468 e. The van der Waals surface area contributed by atoms with Crippen LogP contribution in [0, 0.1) is 0 Å². The Morgan fingerprint density at radius 2 is 2.27 bits per heavy atom. The molecular formula is C7H7F3N2O3. The SMILES string of the molecule is NCC(C(=O)O)c1coc(C(F)(F)F)n1. The average molecular weight is 224 g/mol. The summed E-state index contributed by atoms with van der Waals surface area (Å²) in [7, 11) is 0. The minimum Gasteiger partial charge on any atom is -0.481 e. The van der Waals surface area contributed by atoms with E-state index in [1.54, 1.807) is 0 Å². The zero-order chi connectivity index (χ0) is 11.6. The van der Waals surface area contributed by atoms with Crippen molar-refractivity contribution in [3.63, 3.8) is 0 Å². The van der Waals surface area contributed by atoms with Gasteiger partial charge in [0.1, 0.15) is 12.2 Å². The lowest BCUT2D eigenvalue weighted by atomic mass is 10.1. The largest absolute Gasteiger partial charge is 0.481 e. The number of hydrogen-bond donors (Lipinski definition) is 2. The van der Waals surface area contributed by atoms with Crippen molar-refractivity contribution in [1.29, 1.82) is 0 Å². The number of nitrogens with two attached hydrogens (primary N) is 1.